The molecule has 21 heavy (non-hydrogen) atoms. The van der Waals surface area contributed by atoms with Crippen LogP contribution in [0.25, 0.3) is 0 Å². The van der Waals surface area contributed by atoms with Gasteiger partial charge in [-0.05, 0) is 44.7 Å². The highest BCUT2D eigenvalue weighted by molar-refractivity contribution is 7.89. The van der Waals surface area contributed by atoms with Gasteiger partial charge in [0.05, 0.1) is 4.90 Å². The number of nitrogens with one attached hydrogen (secondary N) is 2. The molecule has 0 bridgehead atoms. The first kappa shape index (κ1) is 16.9. The summed E-state index contributed by atoms with van der Waals surface area (Å²) in [6, 6.07) is 1.81. The van der Waals surface area contributed by atoms with Crippen LogP contribution in [-0.2, 0) is 16.6 Å². The van der Waals surface area contributed by atoms with Crippen LogP contribution in [0.3, 0.4) is 0 Å². The third kappa shape index (κ3) is 5.36. The third-order valence-electron chi connectivity index (χ3n) is 3.72. The van der Waals surface area contributed by atoms with Crippen LogP contribution in [0.4, 0.5) is 0 Å². The molecular formula is C15H26N2O2S2. The van der Waals surface area contributed by atoms with E-state index in [0.717, 1.165) is 48.0 Å². The lowest BCUT2D eigenvalue weighted by Gasteiger charge is -2.05. The van der Waals surface area contributed by atoms with Gasteiger partial charge >= 0.3 is 0 Å². The molecule has 120 valence electrons. The zero-order chi connectivity index (χ0) is 15.3. The average molecular weight is 331 g/mol. The molecule has 0 spiro atoms. The quantitative estimate of drug-likeness (QED) is 0.648. The predicted molar refractivity (Wildman–Crippen MR) is 88.2 cm³/mol. The minimum Gasteiger partial charge on any atom is -0.312 e. The second-order valence-corrected chi connectivity index (χ2v) is 8.87. The SMILES string of the molecule is CCCNCc1cc(S(=O)(=O)NCCCC2CC2)c(C)s1. The summed E-state index contributed by atoms with van der Waals surface area (Å²) >= 11 is 1.56. The van der Waals surface area contributed by atoms with Crippen LogP contribution in [0.2, 0.25) is 0 Å². The highest BCUT2D eigenvalue weighted by Gasteiger charge is 2.22. The van der Waals surface area contributed by atoms with Gasteiger partial charge in [0.2, 0.25) is 10.0 Å². The Morgan fingerprint density at radius 1 is 1.33 bits per heavy atom. The van der Waals surface area contributed by atoms with E-state index in [4.69, 9.17) is 0 Å². The van der Waals surface area contributed by atoms with Crippen molar-refractivity contribution in [2.45, 2.75) is 57.4 Å². The first-order valence-corrected chi connectivity index (χ1v) is 10.1. The number of thiophene rings is 1. The fourth-order valence-electron chi connectivity index (χ4n) is 2.35. The molecule has 1 heterocycles. The summed E-state index contributed by atoms with van der Waals surface area (Å²) in [6.07, 6.45) is 5.82. The molecule has 0 radical (unpaired) electrons. The van der Waals surface area contributed by atoms with E-state index in [1.165, 1.54) is 12.8 Å². The second kappa shape index (κ2) is 7.72. The van der Waals surface area contributed by atoms with E-state index in [2.05, 4.69) is 17.0 Å². The summed E-state index contributed by atoms with van der Waals surface area (Å²) in [4.78, 5) is 2.41. The molecule has 6 heteroatoms. The van der Waals surface area contributed by atoms with Gasteiger partial charge in [-0.2, -0.15) is 0 Å². The molecule has 4 nitrogen and oxygen atoms in total. The Balaban J connectivity index is 1.88. The fraction of sp³-hybridized carbons (Fsp3) is 0.733. The van der Waals surface area contributed by atoms with Crippen LogP contribution in [-0.4, -0.2) is 21.5 Å². The maximum atomic E-state index is 12.3. The highest BCUT2D eigenvalue weighted by atomic mass is 32.2. The maximum Gasteiger partial charge on any atom is 0.241 e. The van der Waals surface area contributed by atoms with Crippen molar-refractivity contribution in [1.29, 1.82) is 0 Å². The van der Waals surface area contributed by atoms with Gasteiger partial charge in [0, 0.05) is 22.8 Å². The second-order valence-electron chi connectivity index (χ2n) is 5.79. The smallest absolute Gasteiger partial charge is 0.241 e. The van der Waals surface area contributed by atoms with Gasteiger partial charge in [-0.1, -0.05) is 19.8 Å². The molecule has 0 saturated heterocycles. The lowest BCUT2D eigenvalue weighted by Crippen LogP contribution is -2.25. The Morgan fingerprint density at radius 2 is 2.10 bits per heavy atom. The molecule has 0 aliphatic heterocycles. The molecule has 1 aromatic rings. The highest BCUT2D eigenvalue weighted by Crippen LogP contribution is 2.33. The van der Waals surface area contributed by atoms with E-state index in [1.807, 2.05) is 13.0 Å². The summed E-state index contributed by atoms with van der Waals surface area (Å²) in [5.41, 5.74) is 0. The third-order valence-corrected chi connectivity index (χ3v) is 6.48. The van der Waals surface area contributed by atoms with Crippen LogP contribution in [0.1, 0.15) is 48.8 Å². The summed E-state index contributed by atoms with van der Waals surface area (Å²) in [7, 11) is -3.35. The largest absolute Gasteiger partial charge is 0.312 e. The van der Waals surface area contributed by atoms with Crippen molar-refractivity contribution >= 4 is 21.4 Å². The normalized spacial score (nSPS) is 15.5. The molecule has 1 aliphatic rings. The minimum atomic E-state index is -3.35. The molecule has 0 aromatic carbocycles. The van der Waals surface area contributed by atoms with Crippen molar-refractivity contribution in [3.8, 4) is 0 Å². The fourth-order valence-corrected chi connectivity index (χ4v) is 5.03. The summed E-state index contributed by atoms with van der Waals surface area (Å²) in [5.74, 6) is 0.855. The van der Waals surface area contributed by atoms with Gasteiger partial charge in [-0.3, -0.25) is 0 Å². The van der Waals surface area contributed by atoms with Crippen molar-refractivity contribution in [2.24, 2.45) is 5.92 Å². The van der Waals surface area contributed by atoms with Crippen LogP contribution in [0.5, 0.6) is 0 Å². The molecule has 1 aromatic heterocycles. The van der Waals surface area contributed by atoms with Crippen LogP contribution in [0, 0.1) is 12.8 Å². The average Bonchev–Trinajstić information content (AvgIpc) is 3.17. The molecule has 0 amide bonds. The molecule has 1 aliphatic carbocycles. The molecule has 0 unspecified atom stereocenters. The molecule has 2 N–H and O–H groups in total. The van der Waals surface area contributed by atoms with Crippen molar-refractivity contribution in [2.75, 3.05) is 13.1 Å². The summed E-state index contributed by atoms with van der Waals surface area (Å²) in [5, 5.41) is 3.31. The van der Waals surface area contributed by atoms with Gasteiger partial charge < -0.3 is 5.32 Å². The van der Waals surface area contributed by atoms with Crippen LogP contribution < -0.4 is 10.0 Å². The standard InChI is InChI=1S/C15H26N2O2S2/c1-3-8-16-11-14-10-15(12(2)20-14)21(18,19)17-9-4-5-13-6-7-13/h10,13,16-17H,3-9,11H2,1-2H3. The summed E-state index contributed by atoms with van der Waals surface area (Å²) in [6.45, 7) is 6.26. The van der Waals surface area contributed by atoms with Gasteiger partial charge in [0.1, 0.15) is 0 Å². The Labute approximate surface area is 132 Å². The first-order chi connectivity index (χ1) is 10.0. The van der Waals surface area contributed by atoms with Gasteiger partial charge in [0.25, 0.3) is 0 Å². The Bertz CT molecular complexity index is 548. The zero-order valence-electron chi connectivity index (χ0n) is 12.9. The van der Waals surface area contributed by atoms with Crippen molar-refractivity contribution in [3.63, 3.8) is 0 Å². The van der Waals surface area contributed by atoms with E-state index in [9.17, 15) is 8.42 Å². The lowest BCUT2D eigenvalue weighted by molar-refractivity contribution is 0.572. The van der Waals surface area contributed by atoms with E-state index < -0.39 is 10.0 Å². The Hall–Kier alpha value is -0.430. The first-order valence-electron chi connectivity index (χ1n) is 7.82. The Morgan fingerprint density at radius 3 is 2.76 bits per heavy atom. The number of aryl methyl sites for hydroxylation is 1. The molecule has 1 saturated carbocycles. The Kier molecular flexibility index (Phi) is 6.22. The molecular weight excluding hydrogens is 304 g/mol. The predicted octanol–water partition coefficient (Wildman–Crippen LogP) is 3.02. The lowest BCUT2D eigenvalue weighted by atomic mass is 10.2. The monoisotopic (exact) mass is 330 g/mol. The molecule has 2 rings (SSSR count). The summed E-state index contributed by atoms with van der Waals surface area (Å²) < 4.78 is 27.4. The van der Waals surface area contributed by atoms with Crippen molar-refractivity contribution < 1.29 is 8.42 Å². The number of hydrogen-bond donors (Lipinski definition) is 2. The van der Waals surface area contributed by atoms with Gasteiger partial charge in [-0.25, -0.2) is 13.1 Å². The number of hydrogen-bond acceptors (Lipinski definition) is 4. The van der Waals surface area contributed by atoms with Crippen LogP contribution in [0.15, 0.2) is 11.0 Å². The van der Waals surface area contributed by atoms with Gasteiger partial charge in [0.15, 0.2) is 0 Å². The van der Waals surface area contributed by atoms with Crippen molar-refractivity contribution in [1.82, 2.24) is 10.0 Å². The number of rotatable bonds is 10. The molecule has 0 atom stereocenters. The van der Waals surface area contributed by atoms with E-state index in [-0.39, 0.29) is 0 Å². The van der Waals surface area contributed by atoms with E-state index >= 15 is 0 Å². The zero-order valence-corrected chi connectivity index (χ0v) is 14.6. The maximum absolute atomic E-state index is 12.3. The van der Waals surface area contributed by atoms with E-state index in [1.54, 1.807) is 11.3 Å². The molecule has 1 fully saturated rings. The van der Waals surface area contributed by atoms with E-state index in [0.29, 0.717) is 11.4 Å². The van der Waals surface area contributed by atoms with Gasteiger partial charge in [-0.15, -0.1) is 11.3 Å². The van der Waals surface area contributed by atoms with Crippen molar-refractivity contribution in [3.05, 3.63) is 15.8 Å². The topological polar surface area (TPSA) is 58.2 Å². The minimum absolute atomic E-state index is 0.451. The number of sulfonamides is 1. The van der Waals surface area contributed by atoms with Crippen LogP contribution >= 0.6 is 11.3 Å².